The number of hydrogen-bond acceptors (Lipinski definition) is 5. The second kappa shape index (κ2) is 5.56. The van der Waals surface area contributed by atoms with Crippen molar-refractivity contribution in [2.24, 2.45) is 0 Å². The number of carbonyl (C=O) groups is 1. The van der Waals surface area contributed by atoms with Crippen LogP contribution in [0.15, 0.2) is 5.38 Å². The molecule has 1 fully saturated rings. The smallest absolute Gasteiger partial charge is 0.322 e. The number of carboxylic acid groups (broad SMARTS) is 1. The first-order chi connectivity index (χ1) is 8.88. The Balaban J connectivity index is 2.07. The molecule has 0 aromatic carbocycles. The highest BCUT2D eigenvalue weighted by atomic mass is 32.1. The topological polar surface area (TPSA) is 65.5 Å². The van der Waals surface area contributed by atoms with Crippen LogP contribution in [0.25, 0.3) is 0 Å². The molecule has 6 heteroatoms. The molecule has 1 atom stereocenters. The zero-order chi connectivity index (χ0) is 14.0. The summed E-state index contributed by atoms with van der Waals surface area (Å²) in [6, 6.07) is -0.450. The molecular formula is C13H21N3O2S. The maximum absolute atomic E-state index is 11.2. The van der Waals surface area contributed by atoms with Gasteiger partial charge in [-0.05, 0) is 0 Å². The fourth-order valence-electron chi connectivity index (χ4n) is 2.11. The van der Waals surface area contributed by atoms with E-state index in [1.165, 1.54) is 0 Å². The average molecular weight is 283 g/mol. The van der Waals surface area contributed by atoms with Crippen molar-refractivity contribution in [1.82, 2.24) is 15.2 Å². The van der Waals surface area contributed by atoms with Crippen molar-refractivity contribution < 1.29 is 9.90 Å². The summed E-state index contributed by atoms with van der Waals surface area (Å²) in [4.78, 5) is 17.8. The largest absolute Gasteiger partial charge is 0.480 e. The van der Waals surface area contributed by atoms with Gasteiger partial charge in [-0.15, -0.1) is 11.3 Å². The number of nitrogens with zero attached hydrogens (tertiary/aromatic N) is 2. The summed E-state index contributed by atoms with van der Waals surface area (Å²) in [5.41, 5.74) is 1.03. The lowest BCUT2D eigenvalue weighted by Crippen LogP contribution is -2.54. The minimum atomic E-state index is -0.765. The number of carboxylic acids is 1. The van der Waals surface area contributed by atoms with Gasteiger partial charge in [-0.3, -0.25) is 9.69 Å². The van der Waals surface area contributed by atoms with E-state index in [1.807, 2.05) is 10.3 Å². The maximum Gasteiger partial charge on any atom is 0.322 e. The van der Waals surface area contributed by atoms with E-state index in [0.717, 1.165) is 23.8 Å². The van der Waals surface area contributed by atoms with E-state index < -0.39 is 12.0 Å². The second-order valence-electron chi connectivity index (χ2n) is 5.92. The molecule has 0 aliphatic carbocycles. The number of hydrogen-bond donors (Lipinski definition) is 2. The Morgan fingerprint density at radius 2 is 2.37 bits per heavy atom. The zero-order valence-corrected chi connectivity index (χ0v) is 12.5. The lowest BCUT2D eigenvalue weighted by Gasteiger charge is -2.32. The summed E-state index contributed by atoms with van der Waals surface area (Å²) in [7, 11) is 0. The highest BCUT2D eigenvalue weighted by Crippen LogP contribution is 2.26. The van der Waals surface area contributed by atoms with Crippen LogP contribution in [0.4, 0.5) is 0 Å². The van der Waals surface area contributed by atoms with Crippen molar-refractivity contribution in [3.8, 4) is 0 Å². The van der Waals surface area contributed by atoms with Crippen LogP contribution < -0.4 is 5.32 Å². The molecule has 0 spiro atoms. The van der Waals surface area contributed by atoms with Gasteiger partial charge in [0.2, 0.25) is 0 Å². The summed E-state index contributed by atoms with van der Waals surface area (Å²) in [5.74, 6) is -0.765. The minimum absolute atomic E-state index is 0.0541. The zero-order valence-electron chi connectivity index (χ0n) is 11.6. The summed E-state index contributed by atoms with van der Waals surface area (Å²) in [5, 5.41) is 15.5. The van der Waals surface area contributed by atoms with Crippen LogP contribution in [0, 0.1) is 0 Å². The molecule has 1 aliphatic heterocycles. The molecule has 1 aliphatic rings. The molecule has 1 aromatic heterocycles. The third kappa shape index (κ3) is 3.52. The molecule has 106 valence electrons. The number of piperazine rings is 1. The van der Waals surface area contributed by atoms with E-state index >= 15 is 0 Å². The van der Waals surface area contributed by atoms with Gasteiger partial charge in [0.1, 0.15) is 6.04 Å². The summed E-state index contributed by atoms with van der Waals surface area (Å²) < 4.78 is 0. The molecule has 0 saturated carbocycles. The number of nitrogens with one attached hydrogen (secondary N) is 1. The number of aliphatic carboxylic acids is 1. The Hall–Kier alpha value is -0.980. The first kappa shape index (κ1) is 14.4. The van der Waals surface area contributed by atoms with Crippen LogP contribution >= 0.6 is 11.3 Å². The predicted octanol–water partition coefficient (Wildman–Crippen LogP) is 1.30. The van der Waals surface area contributed by atoms with Crippen molar-refractivity contribution in [2.45, 2.75) is 38.8 Å². The van der Waals surface area contributed by atoms with Gasteiger partial charge in [0.05, 0.1) is 10.7 Å². The lowest BCUT2D eigenvalue weighted by atomic mass is 9.98. The molecule has 1 saturated heterocycles. The molecule has 2 N–H and O–H groups in total. The van der Waals surface area contributed by atoms with Crippen LogP contribution in [-0.2, 0) is 16.8 Å². The lowest BCUT2D eigenvalue weighted by molar-refractivity contribution is -0.144. The van der Waals surface area contributed by atoms with Crippen molar-refractivity contribution in [3.63, 3.8) is 0 Å². The molecule has 0 radical (unpaired) electrons. The Morgan fingerprint density at radius 3 is 2.95 bits per heavy atom. The fraction of sp³-hybridized carbons (Fsp3) is 0.692. The van der Waals surface area contributed by atoms with Crippen LogP contribution in [0.2, 0.25) is 0 Å². The molecule has 19 heavy (non-hydrogen) atoms. The third-order valence-electron chi connectivity index (χ3n) is 3.20. The van der Waals surface area contributed by atoms with Gasteiger partial charge < -0.3 is 10.4 Å². The van der Waals surface area contributed by atoms with E-state index in [4.69, 9.17) is 0 Å². The molecule has 2 rings (SSSR count). The van der Waals surface area contributed by atoms with E-state index in [-0.39, 0.29) is 5.41 Å². The monoisotopic (exact) mass is 283 g/mol. The SMILES string of the molecule is CC(C)(C)c1nc(CN2CCNCC2C(=O)O)cs1. The molecular weight excluding hydrogens is 262 g/mol. The van der Waals surface area contributed by atoms with Crippen LogP contribution in [0.1, 0.15) is 31.5 Å². The van der Waals surface area contributed by atoms with Crippen molar-refractivity contribution >= 4 is 17.3 Å². The van der Waals surface area contributed by atoms with Gasteiger partial charge in [0.25, 0.3) is 0 Å². The van der Waals surface area contributed by atoms with Gasteiger partial charge in [0, 0.05) is 37.0 Å². The van der Waals surface area contributed by atoms with Crippen molar-refractivity contribution in [1.29, 1.82) is 0 Å². The molecule has 5 nitrogen and oxygen atoms in total. The maximum atomic E-state index is 11.2. The quantitative estimate of drug-likeness (QED) is 0.875. The molecule has 0 amide bonds. The minimum Gasteiger partial charge on any atom is -0.480 e. The Bertz CT molecular complexity index is 453. The second-order valence-corrected chi connectivity index (χ2v) is 6.78. The molecule has 0 bridgehead atoms. The van der Waals surface area contributed by atoms with Gasteiger partial charge in [-0.1, -0.05) is 20.8 Å². The van der Waals surface area contributed by atoms with Gasteiger partial charge >= 0.3 is 5.97 Å². The Kier molecular flexibility index (Phi) is 4.23. The normalized spacial score (nSPS) is 21.5. The molecule has 2 heterocycles. The molecule has 1 unspecified atom stereocenters. The van der Waals surface area contributed by atoms with E-state index in [1.54, 1.807) is 11.3 Å². The highest BCUT2D eigenvalue weighted by molar-refractivity contribution is 7.09. The number of aromatic nitrogens is 1. The van der Waals surface area contributed by atoms with Crippen LogP contribution in [-0.4, -0.2) is 46.6 Å². The number of rotatable bonds is 3. The van der Waals surface area contributed by atoms with E-state index in [0.29, 0.717) is 13.1 Å². The first-order valence-corrected chi connectivity index (χ1v) is 7.38. The van der Waals surface area contributed by atoms with Gasteiger partial charge in [-0.2, -0.15) is 0 Å². The molecule has 1 aromatic rings. The van der Waals surface area contributed by atoms with Crippen LogP contribution in [0.3, 0.4) is 0 Å². The van der Waals surface area contributed by atoms with Crippen molar-refractivity contribution in [2.75, 3.05) is 19.6 Å². The summed E-state index contributed by atoms with van der Waals surface area (Å²) in [6.45, 7) is 9.12. The fourth-order valence-corrected chi connectivity index (χ4v) is 3.01. The van der Waals surface area contributed by atoms with E-state index in [9.17, 15) is 9.90 Å². The Labute approximate surface area is 117 Å². The van der Waals surface area contributed by atoms with Crippen LogP contribution in [0.5, 0.6) is 0 Å². The predicted molar refractivity (Wildman–Crippen MR) is 75.5 cm³/mol. The summed E-state index contributed by atoms with van der Waals surface area (Å²) in [6.07, 6.45) is 0. The average Bonchev–Trinajstić information content (AvgIpc) is 2.77. The highest BCUT2D eigenvalue weighted by Gasteiger charge is 2.29. The summed E-state index contributed by atoms with van der Waals surface area (Å²) >= 11 is 1.65. The first-order valence-electron chi connectivity index (χ1n) is 6.50. The third-order valence-corrected chi connectivity index (χ3v) is 4.51. The number of thiazole rings is 1. The Morgan fingerprint density at radius 1 is 1.63 bits per heavy atom. The van der Waals surface area contributed by atoms with Crippen molar-refractivity contribution in [3.05, 3.63) is 16.1 Å². The van der Waals surface area contributed by atoms with Gasteiger partial charge in [0.15, 0.2) is 0 Å². The standard InChI is InChI=1S/C13H21N3O2S/c1-13(2,3)12-15-9(8-19-12)7-16-5-4-14-6-10(16)11(17)18/h8,10,14H,4-7H2,1-3H3,(H,17,18). The van der Waals surface area contributed by atoms with Gasteiger partial charge in [-0.25, -0.2) is 4.98 Å². The van der Waals surface area contributed by atoms with E-state index in [2.05, 4.69) is 31.1 Å².